The molecule has 0 aliphatic carbocycles. The first-order valence-corrected chi connectivity index (χ1v) is 18.2. The van der Waals surface area contributed by atoms with Gasteiger partial charge in [-0.2, -0.15) is 4.57 Å². The largest absolute Gasteiger partial charge is 0.527 e. The molecule has 2 atom stereocenters. The van der Waals surface area contributed by atoms with Gasteiger partial charge in [-0.1, -0.05) is 94.2 Å². The molecular formula is C34H51NO7PS+. The zero-order chi connectivity index (χ0) is 31.6. The number of ether oxygens (including phenoxy) is 3. The molecule has 0 aliphatic rings. The Hall–Kier alpha value is -2.42. The van der Waals surface area contributed by atoms with E-state index in [1.165, 1.54) is 69.8 Å². The average Bonchev–Trinajstić information content (AvgIpc) is 3.41. The molecule has 0 amide bonds. The summed E-state index contributed by atoms with van der Waals surface area (Å²) in [6.45, 7) is 7.52. The van der Waals surface area contributed by atoms with Gasteiger partial charge in [0.1, 0.15) is 30.0 Å². The van der Waals surface area contributed by atoms with Gasteiger partial charge in [0, 0.05) is 18.2 Å². The maximum absolute atomic E-state index is 12.7. The van der Waals surface area contributed by atoms with Crippen molar-refractivity contribution in [1.29, 1.82) is 0 Å². The summed E-state index contributed by atoms with van der Waals surface area (Å²) in [4.78, 5) is 11.6. The number of nitrogens with zero attached hydrogens (tertiary/aromatic N) is 1. The Morgan fingerprint density at radius 3 is 2.20 bits per heavy atom. The van der Waals surface area contributed by atoms with Crippen molar-refractivity contribution in [2.45, 2.75) is 97.6 Å². The normalized spacial score (nSPS) is 13.4. The minimum Gasteiger partial charge on any atom is -0.493 e. The summed E-state index contributed by atoms with van der Waals surface area (Å²) in [5.41, 5.74) is 3.88. The summed E-state index contributed by atoms with van der Waals surface area (Å²) in [5.74, 6) is 1.73. The summed E-state index contributed by atoms with van der Waals surface area (Å²) in [6, 6.07) is 12.8. The third-order valence-electron chi connectivity index (χ3n) is 7.38. The maximum Gasteiger partial charge on any atom is 0.527 e. The molecule has 1 N–H and O–H groups in total. The van der Waals surface area contributed by atoms with Gasteiger partial charge in [-0.3, -0.25) is 9.42 Å². The first-order valence-electron chi connectivity index (χ1n) is 15.9. The highest BCUT2D eigenvalue weighted by Gasteiger charge is 2.26. The van der Waals surface area contributed by atoms with Gasteiger partial charge in [-0.25, -0.2) is 4.57 Å². The molecule has 0 radical (unpaired) electrons. The second-order valence-corrected chi connectivity index (χ2v) is 13.7. The number of hydrogen-bond acceptors (Lipinski definition) is 7. The van der Waals surface area contributed by atoms with Gasteiger partial charge >= 0.3 is 7.82 Å². The van der Waals surface area contributed by atoms with E-state index in [9.17, 15) is 9.46 Å². The fourth-order valence-corrected chi connectivity index (χ4v) is 6.24. The lowest BCUT2D eigenvalue weighted by Crippen LogP contribution is -2.30. The summed E-state index contributed by atoms with van der Waals surface area (Å²) in [7, 11) is -2.88. The first kappa shape index (κ1) is 36.1. The van der Waals surface area contributed by atoms with Gasteiger partial charge in [0.15, 0.2) is 12.7 Å². The monoisotopic (exact) mass is 648 g/mol. The molecule has 0 fully saturated rings. The van der Waals surface area contributed by atoms with Gasteiger partial charge in [-0.05, 0) is 44.5 Å². The Balaban J connectivity index is 1.38. The van der Waals surface area contributed by atoms with Crippen molar-refractivity contribution in [3.63, 3.8) is 0 Å². The molecule has 244 valence electrons. The summed E-state index contributed by atoms with van der Waals surface area (Å²) >= 11 is 1.66. The maximum atomic E-state index is 12.7. The number of thiazole rings is 1. The van der Waals surface area contributed by atoms with Crippen LogP contribution in [0.4, 0.5) is 0 Å². The Bertz CT molecular complexity index is 1280. The summed E-state index contributed by atoms with van der Waals surface area (Å²) < 4.78 is 42.8. The molecule has 0 saturated heterocycles. The van der Waals surface area contributed by atoms with Crippen molar-refractivity contribution in [3.8, 4) is 17.2 Å². The molecule has 1 heterocycles. The van der Waals surface area contributed by atoms with Crippen molar-refractivity contribution >= 4 is 19.2 Å². The highest BCUT2D eigenvalue weighted by molar-refractivity contribution is 7.47. The zero-order valence-electron chi connectivity index (χ0n) is 26.9. The van der Waals surface area contributed by atoms with Gasteiger partial charge in [0.25, 0.3) is 0 Å². The van der Waals surface area contributed by atoms with E-state index in [2.05, 4.69) is 17.7 Å². The fourth-order valence-electron chi connectivity index (χ4n) is 4.82. The van der Waals surface area contributed by atoms with Gasteiger partial charge in [-0.15, -0.1) is 0 Å². The van der Waals surface area contributed by atoms with Crippen molar-refractivity contribution in [2.75, 3.05) is 26.9 Å². The molecule has 0 saturated carbocycles. The third-order valence-corrected chi connectivity index (χ3v) is 9.15. The standard InChI is InChI=1S/C34H50NO7PS/c1-5-6-7-8-9-10-11-12-13-14-21-39-33-19-16-20-34(29(33)3)40-25-32(38-4)26-41-43(36,37)42-31-18-15-17-30(22-31)24-35-23-28(2)44-27-35/h15-20,22-23,27,32H,5-14,21,24-26H2,1-4H3/p+1. The van der Waals surface area contributed by atoms with Crippen LogP contribution in [-0.4, -0.2) is 37.9 Å². The molecule has 0 aliphatic heterocycles. The van der Waals surface area contributed by atoms with E-state index in [0.717, 1.165) is 23.3 Å². The SMILES string of the molecule is CCCCCCCCCCCCOc1cccc(OCC(COP(=O)(O)Oc2cccc(C[n+]3csc(C)c3)c2)OC)c1C. The number of unbranched alkanes of at least 4 members (excludes halogenated alkanes) is 9. The van der Waals surface area contributed by atoms with Crippen molar-refractivity contribution in [1.82, 2.24) is 0 Å². The third kappa shape index (κ3) is 13.7. The fraction of sp³-hybridized carbons (Fsp3) is 0.559. The van der Waals surface area contributed by atoms with Crippen LogP contribution >= 0.6 is 19.2 Å². The number of benzene rings is 2. The molecule has 1 aromatic heterocycles. The molecule has 0 spiro atoms. The first-order chi connectivity index (χ1) is 21.3. The minimum absolute atomic E-state index is 0.131. The molecule has 44 heavy (non-hydrogen) atoms. The highest BCUT2D eigenvalue weighted by atomic mass is 32.1. The smallest absolute Gasteiger partial charge is 0.493 e. The van der Waals surface area contributed by atoms with E-state index in [1.54, 1.807) is 29.5 Å². The lowest BCUT2D eigenvalue weighted by Gasteiger charge is -2.20. The van der Waals surface area contributed by atoms with E-state index >= 15 is 0 Å². The number of phosphoric acid groups is 1. The second kappa shape index (κ2) is 19.9. The molecule has 3 aromatic rings. The quantitative estimate of drug-likeness (QED) is 0.0626. The average molecular weight is 649 g/mol. The Labute approximate surface area is 267 Å². The lowest BCUT2D eigenvalue weighted by molar-refractivity contribution is -0.683. The predicted octanol–water partition coefficient (Wildman–Crippen LogP) is 8.59. The van der Waals surface area contributed by atoms with Crippen LogP contribution in [0.1, 0.15) is 87.1 Å². The van der Waals surface area contributed by atoms with Gasteiger partial charge in [0.05, 0.1) is 18.1 Å². The van der Waals surface area contributed by atoms with Crippen LogP contribution < -0.4 is 18.6 Å². The van der Waals surface area contributed by atoms with Crippen LogP contribution in [0.5, 0.6) is 17.2 Å². The number of hydrogen-bond donors (Lipinski definition) is 1. The molecule has 2 unspecified atom stereocenters. The Kier molecular flexibility index (Phi) is 16.3. The highest BCUT2D eigenvalue weighted by Crippen LogP contribution is 2.44. The summed E-state index contributed by atoms with van der Waals surface area (Å²) in [6.07, 6.45) is 14.3. The van der Waals surface area contributed by atoms with Gasteiger partial charge in [0.2, 0.25) is 5.51 Å². The van der Waals surface area contributed by atoms with Crippen LogP contribution in [0, 0.1) is 13.8 Å². The van der Waals surface area contributed by atoms with Crippen LogP contribution in [0.15, 0.2) is 54.2 Å². The number of phosphoric ester groups is 1. The zero-order valence-corrected chi connectivity index (χ0v) is 28.6. The van der Waals surface area contributed by atoms with Crippen LogP contribution in [0.25, 0.3) is 0 Å². The number of aryl methyl sites for hydroxylation is 1. The van der Waals surface area contributed by atoms with E-state index in [0.29, 0.717) is 18.9 Å². The molecule has 3 rings (SSSR count). The topological polar surface area (TPSA) is 87.3 Å². The van der Waals surface area contributed by atoms with Gasteiger partial charge < -0.3 is 18.7 Å². The van der Waals surface area contributed by atoms with E-state index < -0.39 is 13.9 Å². The number of methoxy groups -OCH3 is 1. The summed E-state index contributed by atoms with van der Waals surface area (Å²) in [5, 5.41) is 0. The predicted molar refractivity (Wildman–Crippen MR) is 176 cm³/mol. The van der Waals surface area contributed by atoms with Crippen molar-refractivity contribution in [2.24, 2.45) is 0 Å². The molecule has 8 nitrogen and oxygen atoms in total. The second-order valence-electron chi connectivity index (χ2n) is 11.2. The minimum atomic E-state index is -4.38. The van der Waals surface area contributed by atoms with E-state index in [4.69, 9.17) is 23.3 Å². The number of aromatic nitrogens is 1. The Morgan fingerprint density at radius 2 is 1.55 bits per heavy atom. The van der Waals surface area contributed by atoms with Crippen LogP contribution in [-0.2, 0) is 20.4 Å². The molecule has 10 heteroatoms. The van der Waals surface area contributed by atoms with E-state index in [1.807, 2.05) is 43.6 Å². The van der Waals surface area contributed by atoms with Crippen LogP contribution in [0.2, 0.25) is 0 Å². The molecule has 0 bridgehead atoms. The lowest BCUT2D eigenvalue weighted by atomic mass is 10.1. The van der Waals surface area contributed by atoms with E-state index in [-0.39, 0.29) is 19.0 Å². The molecular weight excluding hydrogens is 597 g/mol. The molecule has 2 aromatic carbocycles. The Morgan fingerprint density at radius 1 is 0.886 bits per heavy atom. The number of rotatable bonds is 23. The van der Waals surface area contributed by atoms with Crippen molar-refractivity contribution in [3.05, 3.63) is 70.2 Å². The van der Waals surface area contributed by atoms with Crippen molar-refractivity contribution < 1.29 is 37.3 Å². The van der Waals surface area contributed by atoms with Crippen LogP contribution in [0.3, 0.4) is 0 Å².